The summed E-state index contributed by atoms with van der Waals surface area (Å²) >= 11 is 0. The number of benzene rings is 1. The third-order valence-electron chi connectivity index (χ3n) is 4.22. The standard InChI is InChI=1S/C17H28N2/c1-13-8-14(2)10-15(9-13)16(11-18)19-7-5-6-17(3,4)12-19/h8-10,16H,5-7,11-12,18H2,1-4H3. The molecule has 0 radical (unpaired) electrons. The summed E-state index contributed by atoms with van der Waals surface area (Å²) in [6.45, 7) is 12.1. The number of rotatable bonds is 3. The molecule has 2 nitrogen and oxygen atoms in total. The molecule has 0 aromatic heterocycles. The number of hydrogen-bond acceptors (Lipinski definition) is 2. The summed E-state index contributed by atoms with van der Waals surface area (Å²) in [5, 5.41) is 0. The van der Waals surface area contributed by atoms with Gasteiger partial charge in [0.1, 0.15) is 0 Å². The van der Waals surface area contributed by atoms with Crippen molar-refractivity contribution < 1.29 is 0 Å². The van der Waals surface area contributed by atoms with E-state index in [4.69, 9.17) is 5.73 Å². The Bertz CT molecular complexity index is 417. The van der Waals surface area contributed by atoms with E-state index in [0.29, 0.717) is 18.0 Å². The van der Waals surface area contributed by atoms with Gasteiger partial charge < -0.3 is 5.73 Å². The van der Waals surface area contributed by atoms with Crippen LogP contribution in [0.1, 0.15) is 49.4 Å². The van der Waals surface area contributed by atoms with Gasteiger partial charge in [0.25, 0.3) is 0 Å². The van der Waals surface area contributed by atoms with Crippen molar-refractivity contribution in [2.24, 2.45) is 11.1 Å². The van der Waals surface area contributed by atoms with E-state index < -0.39 is 0 Å². The number of nitrogens with zero attached hydrogens (tertiary/aromatic N) is 1. The van der Waals surface area contributed by atoms with E-state index in [-0.39, 0.29) is 0 Å². The second kappa shape index (κ2) is 5.64. The van der Waals surface area contributed by atoms with E-state index in [1.807, 2.05) is 0 Å². The number of hydrogen-bond donors (Lipinski definition) is 1. The molecule has 0 aliphatic carbocycles. The molecule has 1 aromatic rings. The van der Waals surface area contributed by atoms with E-state index in [0.717, 1.165) is 6.54 Å². The molecule has 1 unspecified atom stereocenters. The van der Waals surface area contributed by atoms with Crippen molar-refractivity contribution in [2.45, 2.75) is 46.6 Å². The summed E-state index contributed by atoms with van der Waals surface area (Å²) in [6.07, 6.45) is 2.61. The molecule has 1 aromatic carbocycles. The molecular formula is C17H28N2. The van der Waals surface area contributed by atoms with Gasteiger partial charge in [0.05, 0.1) is 0 Å². The fourth-order valence-corrected chi connectivity index (χ4v) is 3.43. The maximum atomic E-state index is 6.08. The topological polar surface area (TPSA) is 29.3 Å². The predicted octanol–water partition coefficient (Wildman–Crippen LogP) is 3.43. The molecule has 2 heteroatoms. The van der Waals surface area contributed by atoms with Crippen molar-refractivity contribution in [1.29, 1.82) is 0 Å². The minimum atomic E-state index is 0.373. The first-order valence-electron chi connectivity index (χ1n) is 7.43. The summed E-state index contributed by atoms with van der Waals surface area (Å²) in [6, 6.07) is 7.20. The molecule has 0 amide bonds. The zero-order valence-corrected chi connectivity index (χ0v) is 12.9. The fourth-order valence-electron chi connectivity index (χ4n) is 3.43. The Labute approximate surface area is 118 Å². The highest BCUT2D eigenvalue weighted by atomic mass is 15.2. The van der Waals surface area contributed by atoms with Crippen LogP contribution in [0.15, 0.2) is 18.2 Å². The lowest BCUT2D eigenvalue weighted by Crippen LogP contribution is -2.44. The van der Waals surface area contributed by atoms with Gasteiger partial charge >= 0.3 is 0 Å². The first kappa shape index (κ1) is 14.5. The molecule has 0 bridgehead atoms. The van der Waals surface area contributed by atoms with Gasteiger partial charge in [0.2, 0.25) is 0 Å². The van der Waals surface area contributed by atoms with E-state index in [2.05, 4.69) is 50.8 Å². The van der Waals surface area contributed by atoms with E-state index >= 15 is 0 Å². The second-order valence-electron chi connectivity index (χ2n) is 6.91. The van der Waals surface area contributed by atoms with Crippen molar-refractivity contribution in [2.75, 3.05) is 19.6 Å². The van der Waals surface area contributed by atoms with Crippen LogP contribution in [0.4, 0.5) is 0 Å². The van der Waals surface area contributed by atoms with Crippen molar-refractivity contribution in [1.82, 2.24) is 4.90 Å². The molecule has 2 N–H and O–H groups in total. The number of piperidine rings is 1. The lowest BCUT2D eigenvalue weighted by molar-refractivity contribution is 0.0806. The normalized spacial score (nSPS) is 21.3. The lowest BCUT2D eigenvalue weighted by Gasteiger charge is -2.42. The van der Waals surface area contributed by atoms with Crippen molar-refractivity contribution in [3.05, 3.63) is 34.9 Å². The Hall–Kier alpha value is -0.860. The number of aryl methyl sites for hydroxylation is 2. The molecule has 106 valence electrons. The first-order valence-corrected chi connectivity index (χ1v) is 7.43. The van der Waals surface area contributed by atoms with E-state index in [9.17, 15) is 0 Å². The average molecular weight is 260 g/mol. The van der Waals surface area contributed by atoms with Gasteiger partial charge in [-0.3, -0.25) is 4.90 Å². The average Bonchev–Trinajstić information content (AvgIpc) is 2.27. The van der Waals surface area contributed by atoms with Crippen molar-refractivity contribution in [3.63, 3.8) is 0 Å². The van der Waals surface area contributed by atoms with Gasteiger partial charge in [-0.1, -0.05) is 43.2 Å². The van der Waals surface area contributed by atoms with Gasteiger partial charge in [0.15, 0.2) is 0 Å². The van der Waals surface area contributed by atoms with Crippen molar-refractivity contribution >= 4 is 0 Å². The summed E-state index contributed by atoms with van der Waals surface area (Å²) in [7, 11) is 0. The summed E-state index contributed by atoms with van der Waals surface area (Å²) in [5.74, 6) is 0. The van der Waals surface area contributed by atoms with E-state index in [1.54, 1.807) is 0 Å². The van der Waals surface area contributed by atoms with Crippen LogP contribution in [-0.4, -0.2) is 24.5 Å². The quantitative estimate of drug-likeness (QED) is 0.902. The second-order valence-corrected chi connectivity index (χ2v) is 6.91. The Morgan fingerprint density at radius 1 is 1.21 bits per heavy atom. The smallest absolute Gasteiger partial charge is 0.0470 e. The SMILES string of the molecule is Cc1cc(C)cc(C(CN)N2CCCC(C)(C)C2)c1. The minimum Gasteiger partial charge on any atom is -0.329 e. The molecule has 1 atom stereocenters. The Balaban J connectivity index is 2.23. The maximum absolute atomic E-state index is 6.08. The highest BCUT2D eigenvalue weighted by Crippen LogP contribution is 2.33. The minimum absolute atomic E-state index is 0.373. The van der Waals surface area contributed by atoms with Crippen LogP contribution in [0.2, 0.25) is 0 Å². The molecule has 19 heavy (non-hydrogen) atoms. The van der Waals surface area contributed by atoms with Gasteiger partial charge in [0, 0.05) is 19.1 Å². The van der Waals surface area contributed by atoms with Crippen molar-refractivity contribution in [3.8, 4) is 0 Å². The predicted molar refractivity (Wildman–Crippen MR) is 82.3 cm³/mol. The zero-order chi connectivity index (χ0) is 14.0. The van der Waals surface area contributed by atoms with Crippen LogP contribution in [0.25, 0.3) is 0 Å². The van der Waals surface area contributed by atoms with Crippen LogP contribution in [0.3, 0.4) is 0 Å². The molecular weight excluding hydrogens is 232 g/mol. The summed E-state index contributed by atoms with van der Waals surface area (Å²) in [4.78, 5) is 2.58. The summed E-state index contributed by atoms with van der Waals surface area (Å²) < 4.78 is 0. The Morgan fingerprint density at radius 3 is 2.37 bits per heavy atom. The van der Waals surface area contributed by atoms with E-state index in [1.165, 1.54) is 36.1 Å². The van der Waals surface area contributed by atoms with Crippen LogP contribution < -0.4 is 5.73 Å². The largest absolute Gasteiger partial charge is 0.329 e. The number of likely N-dealkylation sites (tertiary alicyclic amines) is 1. The molecule has 0 saturated carbocycles. The van der Waals surface area contributed by atoms with Crippen LogP contribution >= 0.6 is 0 Å². The van der Waals surface area contributed by atoms with Gasteiger partial charge in [-0.2, -0.15) is 0 Å². The first-order chi connectivity index (χ1) is 8.91. The van der Waals surface area contributed by atoms with Gasteiger partial charge in [-0.15, -0.1) is 0 Å². The summed E-state index contributed by atoms with van der Waals surface area (Å²) in [5.41, 5.74) is 10.6. The highest BCUT2D eigenvalue weighted by molar-refractivity contribution is 5.31. The van der Waals surface area contributed by atoms with Gasteiger partial charge in [-0.05, 0) is 44.2 Å². The molecule has 2 rings (SSSR count). The van der Waals surface area contributed by atoms with Crippen LogP contribution in [0, 0.1) is 19.3 Å². The molecule has 1 heterocycles. The lowest BCUT2D eigenvalue weighted by atomic mass is 9.83. The van der Waals surface area contributed by atoms with Crippen LogP contribution in [0.5, 0.6) is 0 Å². The third-order valence-corrected chi connectivity index (χ3v) is 4.22. The third kappa shape index (κ3) is 3.58. The molecule has 1 saturated heterocycles. The fraction of sp³-hybridized carbons (Fsp3) is 0.647. The highest BCUT2D eigenvalue weighted by Gasteiger charge is 2.30. The molecule has 0 spiro atoms. The molecule has 1 aliphatic heterocycles. The number of nitrogens with two attached hydrogens (primary N) is 1. The Morgan fingerprint density at radius 2 is 1.84 bits per heavy atom. The zero-order valence-electron chi connectivity index (χ0n) is 12.9. The van der Waals surface area contributed by atoms with Crippen LogP contribution in [-0.2, 0) is 0 Å². The monoisotopic (exact) mass is 260 g/mol. The molecule has 1 aliphatic rings. The van der Waals surface area contributed by atoms with Gasteiger partial charge in [-0.25, -0.2) is 0 Å². The maximum Gasteiger partial charge on any atom is 0.0470 e. The Kier molecular flexibility index (Phi) is 4.32. The molecule has 1 fully saturated rings.